The Balaban J connectivity index is 2.26. The van der Waals surface area contributed by atoms with Crippen LogP contribution < -0.4 is 0 Å². The minimum atomic E-state index is 0.416. The van der Waals surface area contributed by atoms with E-state index >= 15 is 0 Å². The predicted octanol–water partition coefficient (Wildman–Crippen LogP) is 3.47. The maximum absolute atomic E-state index is 6.05. The van der Waals surface area contributed by atoms with Crippen LogP contribution in [-0.2, 0) is 0 Å². The molecule has 0 atom stereocenters. The second kappa shape index (κ2) is 5.51. The first-order chi connectivity index (χ1) is 8.10. The van der Waals surface area contributed by atoms with Gasteiger partial charge >= 0.3 is 0 Å². The van der Waals surface area contributed by atoms with Crippen molar-refractivity contribution >= 4 is 46.5 Å². The number of halogens is 1. The summed E-state index contributed by atoms with van der Waals surface area (Å²) in [6, 6.07) is 0. The SMILES string of the molecule is CSc1nnc(Sc2nc(C)c(C)nc2Cl)s1. The third kappa shape index (κ3) is 3.09. The van der Waals surface area contributed by atoms with Crippen molar-refractivity contribution in [2.75, 3.05) is 6.26 Å². The number of aromatic nitrogens is 4. The Kier molecular flexibility index (Phi) is 4.24. The van der Waals surface area contributed by atoms with Gasteiger partial charge in [0, 0.05) is 0 Å². The van der Waals surface area contributed by atoms with Crippen molar-refractivity contribution in [1.29, 1.82) is 0 Å². The molecule has 0 saturated carbocycles. The van der Waals surface area contributed by atoms with E-state index in [0.29, 0.717) is 10.2 Å². The van der Waals surface area contributed by atoms with E-state index in [-0.39, 0.29) is 0 Å². The molecule has 0 N–H and O–H groups in total. The van der Waals surface area contributed by atoms with Gasteiger partial charge in [-0.3, -0.25) is 0 Å². The third-order valence-corrected chi connectivity index (χ3v) is 5.28. The predicted molar refractivity (Wildman–Crippen MR) is 72.3 cm³/mol. The summed E-state index contributed by atoms with van der Waals surface area (Å²) in [6.07, 6.45) is 1.97. The number of aryl methyl sites for hydroxylation is 2. The van der Waals surface area contributed by atoms with Gasteiger partial charge in [0.15, 0.2) is 13.8 Å². The number of hydrogen-bond acceptors (Lipinski definition) is 7. The molecule has 17 heavy (non-hydrogen) atoms. The van der Waals surface area contributed by atoms with Gasteiger partial charge in [-0.15, -0.1) is 10.2 Å². The first kappa shape index (κ1) is 13.1. The fraction of sp³-hybridized carbons (Fsp3) is 0.333. The Morgan fingerprint density at radius 2 is 1.71 bits per heavy atom. The standard InChI is InChI=1S/C9H9ClN4S3/c1-4-5(2)12-7(6(10)11-4)16-9-14-13-8(15-3)17-9/h1-3H3. The van der Waals surface area contributed by atoms with Crippen molar-refractivity contribution in [3.05, 3.63) is 16.5 Å². The lowest BCUT2D eigenvalue weighted by Gasteiger charge is -2.03. The van der Waals surface area contributed by atoms with E-state index in [2.05, 4.69) is 20.2 Å². The third-order valence-electron chi connectivity index (χ3n) is 1.98. The molecule has 0 amide bonds. The number of rotatable bonds is 3. The lowest BCUT2D eigenvalue weighted by Crippen LogP contribution is -1.94. The Labute approximate surface area is 117 Å². The summed E-state index contributed by atoms with van der Waals surface area (Å²) in [5, 5.41) is 9.17. The molecule has 0 spiro atoms. The van der Waals surface area contributed by atoms with Crippen molar-refractivity contribution in [3.63, 3.8) is 0 Å². The van der Waals surface area contributed by atoms with Gasteiger partial charge in [-0.25, -0.2) is 9.97 Å². The summed E-state index contributed by atoms with van der Waals surface area (Å²) in [5.74, 6) is 0. The maximum atomic E-state index is 6.05. The van der Waals surface area contributed by atoms with Crippen LogP contribution >= 0.6 is 46.5 Å². The Morgan fingerprint density at radius 1 is 1.06 bits per heavy atom. The fourth-order valence-electron chi connectivity index (χ4n) is 1.02. The lowest BCUT2D eigenvalue weighted by molar-refractivity contribution is 0.938. The highest BCUT2D eigenvalue weighted by molar-refractivity contribution is 8.03. The van der Waals surface area contributed by atoms with Gasteiger partial charge in [0.2, 0.25) is 0 Å². The van der Waals surface area contributed by atoms with Crippen molar-refractivity contribution in [1.82, 2.24) is 20.2 Å². The molecule has 0 unspecified atom stereocenters. The minimum Gasteiger partial charge on any atom is -0.241 e. The van der Waals surface area contributed by atoms with Gasteiger partial charge in [-0.05, 0) is 31.9 Å². The van der Waals surface area contributed by atoms with Gasteiger partial charge in [-0.2, -0.15) is 0 Å². The second-order valence-corrected chi connectivity index (χ2v) is 6.76. The molecule has 0 aliphatic rings. The van der Waals surface area contributed by atoms with Crippen LogP contribution in [0.25, 0.3) is 0 Å². The van der Waals surface area contributed by atoms with E-state index in [9.17, 15) is 0 Å². The van der Waals surface area contributed by atoms with Crippen LogP contribution in [0.5, 0.6) is 0 Å². The average Bonchev–Trinajstić information content (AvgIpc) is 2.73. The largest absolute Gasteiger partial charge is 0.241 e. The topological polar surface area (TPSA) is 51.6 Å². The highest BCUT2D eigenvalue weighted by atomic mass is 35.5. The zero-order valence-corrected chi connectivity index (χ0v) is 12.6. The summed E-state index contributed by atoms with van der Waals surface area (Å²) < 4.78 is 1.76. The van der Waals surface area contributed by atoms with Gasteiger partial charge in [0.05, 0.1) is 11.4 Å². The zero-order chi connectivity index (χ0) is 12.4. The van der Waals surface area contributed by atoms with Crippen LogP contribution in [0.15, 0.2) is 13.7 Å². The first-order valence-electron chi connectivity index (χ1n) is 4.66. The second-order valence-electron chi connectivity index (χ2n) is 3.13. The van der Waals surface area contributed by atoms with Crippen LogP contribution in [-0.4, -0.2) is 26.4 Å². The summed E-state index contributed by atoms with van der Waals surface area (Å²) in [7, 11) is 0. The number of hydrogen-bond donors (Lipinski definition) is 0. The molecule has 8 heteroatoms. The fourth-order valence-corrected chi connectivity index (χ4v) is 3.67. The number of nitrogens with zero attached hydrogens (tertiary/aromatic N) is 4. The van der Waals surface area contributed by atoms with Crippen molar-refractivity contribution in [2.24, 2.45) is 0 Å². The Morgan fingerprint density at radius 3 is 2.35 bits per heavy atom. The van der Waals surface area contributed by atoms with E-state index in [4.69, 9.17) is 11.6 Å². The van der Waals surface area contributed by atoms with E-state index in [1.54, 1.807) is 11.8 Å². The highest BCUT2D eigenvalue weighted by Gasteiger charge is 2.12. The quantitative estimate of drug-likeness (QED) is 0.809. The summed E-state index contributed by atoms with van der Waals surface area (Å²) >= 11 is 10.5. The van der Waals surface area contributed by atoms with Crippen LogP contribution in [0.2, 0.25) is 5.15 Å². The van der Waals surface area contributed by atoms with E-state index in [0.717, 1.165) is 20.1 Å². The molecule has 0 aromatic carbocycles. The molecule has 4 nitrogen and oxygen atoms in total. The Hall–Kier alpha value is -0.370. The molecule has 0 saturated heterocycles. The van der Waals surface area contributed by atoms with Crippen LogP contribution in [0.4, 0.5) is 0 Å². The molecule has 90 valence electrons. The average molecular weight is 305 g/mol. The first-order valence-corrected chi connectivity index (χ1v) is 7.90. The molecule has 0 aliphatic heterocycles. The zero-order valence-electron chi connectivity index (χ0n) is 9.39. The molecule has 0 fully saturated rings. The van der Waals surface area contributed by atoms with Crippen LogP contribution in [0.3, 0.4) is 0 Å². The van der Waals surface area contributed by atoms with Crippen molar-refractivity contribution in [3.8, 4) is 0 Å². The van der Waals surface area contributed by atoms with E-state index in [1.165, 1.54) is 23.1 Å². The van der Waals surface area contributed by atoms with Crippen LogP contribution in [0.1, 0.15) is 11.4 Å². The normalized spacial score (nSPS) is 10.8. The summed E-state index contributed by atoms with van der Waals surface area (Å²) in [5.41, 5.74) is 1.73. The van der Waals surface area contributed by atoms with Crippen molar-refractivity contribution < 1.29 is 0 Å². The molecular formula is C9H9ClN4S3. The molecular weight excluding hydrogens is 296 g/mol. The maximum Gasteiger partial charge on any atom is 0.181 e. The highest BCUT2D eigenvalue weighted by Crippen LogP contribution is 2.34. The monoisotopic (exact) mass is 304 g/mol. The molecule has 0 aliphatic carbocycles. The van der Waals surface area contributed by atoms with E-state index < -0.39 is 0 Å². The molecule has 2 heterocycles. The minimum absolute atomic E-state index is 0.416. The van der Waals surface area contributed by atoms with Gasteiger partial charge in [-0.1, -0.05) is 34.7 Å². The summed E-state index contributed by atoms with van der Waals surface area (Å²) in [4.78, 5) is 8.63. The van der Waals surface area contributed by atoms with Gasteiger partial charge in [0.1, 0.15) is 5.03 Å². The van der Waals surface area contributed by atoms with Crippen molar-refractivity contribution in [2.45, 2.75) is 27.6 Å². The lowest BCUT2D eigenvalue weighted by atomic mass is 10.4. The molecule has 0 radical (unpaired) electrons. The molecule has 0 bridgehead atoms. The van der Waals surface area contributed by atoms with Crippen LogP contribution in [0, 0.1) is 13.8 Å². The Bertz CT molecular complexity index is 543. The van der Waals surface area contributed by atoms with Gasteiger partial charge in [0.25, 0.3) is 0 Å². The van der Waals surface area contributed by atoms with Gasteiger partial charge < -0.3 is 0 Å². The number of thioether (sulfide) groups is 1. The molecule has 2 aromatic heterocycles. The molecule has 2 aromatic rings. The summed E-state index contributed by atoms with van der Waals surface area (Å²) in [6.45, 7) is 3.80. The van der Waals surface area contributed by atoms with E-state index in [1.807, 2.05) is 20.1 Å². The smallest absolute Gasteiger partial charge is 0.181 e. The molecule has 2 rings (SSSR count).